The van der Waals surface area contributed by atoms with Crippen LogP contribution < -0.4 is 4.74 Å². The zero-order valence-electron chi connectivity index (χ0n) is 21.6. The van der Waals surface area contributed by atoms with E-state index in [1.807, 2.05) is 13.0 Å². The van der Waals surface area contributed by atoms with Crippen molar-refractivity contribution in [1.29, 1.82) is 0 Å². The lowest BCUT2D eigenvalue weighted by Crippen LogP contribution is -2.40. The molecule has 6 rings (SSSR count). The zero-order chi connectivity index (χ0) is 28.2. The van der Waals surface area contributed by atoms with Gasteiger partial charge < -0.3 is 19.5 Å². The Morgan fingerprint density at radius 1 is 1.02 bits per heavy atom. The Hall–Kier alpha value is -3.03. The number of carbonyl (C=O) groups is 1. The first-order valence-electron chi connectivity index (χ1n) is 13.1. The van der Waals surface area contributed by atoms with Gasteiger partial charge in [0, 0.05) is 17.0 Å². The van der Waals surface area contributed by atoms with E-state index in [1.54, 1.807) is 48.5 Å². The molecule has 0 unspecified atom stereocenters. The first-order chi connectivity index (χ1) is 19.1. The normalized spacial score (nSPS) is 20.3. The highest BCUT2D eigenvalue weighted by Gasteiger charge is 2.46. The molecule has 0 saturated heterocycles. The number of hydrogen-bond donors (Lipinski definition) is 2. The summed E-state index contributed by atoms with van der Waals surface area (Å²) in [6.07, 6.45) is 2.95. The van der Waals surface area contributed by atoms with Crippen LogP contribution in [0.4, 0.5) is 0 Å². The Labute approximate surface area is 246 Å². The van der Waals surface area contributed by atoms with Crippen LogP contribution in [0.5, 0.6) is 5.75 Å². The van der Waals surface area contributed by atoms with Crippen LogP contribution in [0, 0.1) is 6.92 Å². The quantitative estimate of drug-likeness (QED) is 0.211. The fourth-order valence-electron chi connectivity index (χ4n) is 5.58. The molecule has 1 heterocycles. The molecule has 2 aliphatic rings. The van der Waals surface area contributed by atoms with Crippen molar-refractivity contribution in [2.24, 2.45) is 0 Å². The lowest BCUT2D eigenvalue weighted by molar-refractivity contribution is -0.0550. The number of nitrogens with zero attached hydrogens (tertiary/aromatic N) is 1. The summed E-state index contributed by atoms with van der Waals surface area (Å²) in [4.78, 5) is 11.4. The Morgan fingerprint density at radius 2 is 1.75 bits per heavy atom. The third kappa shape index (κ3) is 4.99. The Bertz CT molecular complexity index is 1600. The van der Waals surface area contributed by atoms with Crippen LogP contribution in [-0.2, 0) is 12.2 Å². The fourth-order valence-corrected chi connectivity index (χ4v) is 6.50. The van der Waals surface area contributed by atoms with Crippen molar-refractivity contribution in [3.05, 3.63) is 103 Å². The van der Waals surface area contributed by atoms with Crippen molar-refractivity contribution in [3.63, 3.8) is 0 Å². The number of benzene rings is 3. The van der Waals surface area contributed by atoms with Gasteiger partial charge in [0.1, 0.15) is 23.8 Å². The number of aromatic nitrogens is 1. The average Bonchev–Trinajstić information content (AvgIpc) is 3.66. The minimum atomic E-state index is -1.10. The summed E-state index contributed by atoms with van der Waals surface area (Å²) in [5.41, 5.74) is 3.69. The van der Waals surface area contributed by atoms with Crippen LogP contribution in [0.15, 0.2) is 59.1 Å². The molecule has 2 N–H and O–H groups in total. The monoisotopic (exact) mass is 597 g/mol. The molecular weight excluding hydrogens is 573 g/mol. The van der Waals surface area contributed by atoms with Crippen LogP contribution in [0.2, 0.25) is 15.1 Å². The van der Waals surface area contributed by atoms with Crippen LogP contribution in [0.25, 0.3) is 11.3 Å². The van der Waals surface area contributed by atoms with Gasteiger partial charge in [-0.1, -0.05) is 58.2 Å². The molecule has 6 nitrogen and oxygen atoms in total. The summed E-state index contributed by atoms with van der Waals surface area (Å²) < 4.78 is 11.9. The molecule has 2 aliphatic carbocycles. The van der Waals surface area contributed by atoms with Crippen molar-refractivity contribution in [2.45, 2.75) is 56.7 Å². The van der Waals surface area contributed by atoms with Gasteiger partial charge in [-0.05, 0) is 86.1 Å². The summed E-state index contributed by atoms with van der Waals surface area (Å²) in [5, 5.41) is 26.4. The number of aryl methyl sites for hydroxylation is 1. The summed E-state index contributed by atoms with van der Waals surface area (Å²) in [6.45, 7) is 2.14. The lowest BCUT2D eigenvalue weighted by Gasteiger charge is -2.45. The van der Waals surface area contributed by atoms with Gasteiger partial charge in [0.2, 0.25) is 0 Å². The third-order valence-electron chi connectivity index (χ3n) is 7.93. The first-order valence-corrected chi connectivity index (χ1v) is 14.2. The van der Waals surface area contributed by atoms with Crippen molar-refractivity contribution in [2.75, 3.05) is 0 Å². The maximum atomic E-state index is 11.4. The van der Waals surface area contributed by atoms with Crippen molar-refractivity contribution in [3.8, 4) is 17.0 Å². The number of halogens is 3. The van der Waals surface area contributed by atoms with E-state index in [0.717, 1.165) is 35.3 Å². The molecule has 2 saturated carbocycles. The summed E-state index contributed by atoms with van der Waals surface area (Å²) in [7, 11) is 0. The molecule has 206 valence electrons. The fraction of sp³-hybridized carbons (Fsp3) is 0.290. The largest absolute Gasteiger partial charge is 0.489 e. The van der Waals surface area contributed by atoms with E-state index in [9.17, 15) is 15.0 Å². The Morgan fingerprint density at radius 3 is 2.40 bits per heavy atom. The molecule has 3 aromatic carbocycles. The minimum absolute atomic E-state index is 0.0424. The summed E-state index contributed by atoms with van der Waals surface area (Å²) in [6, 6.07) is 15.7. The molecular formula is C31H26Cl3NO5. The highest BCUT2D eigenvalue weighted by molar-refractivity contribution is 6.39. The minimum Gasteiger partial charge on any atom is -0.489 e. The molecule has 40 heavy (non-hydrogen) atoms. The van der Waals surface area contributed by atoms with Crippen molar-refractivity contribution >= 4 is 40.8 Å². The van der Waals surface area contributed by atoms with Gasteiger partial charge in [-0.25, -0.2) is 4.79 Å². The Balaban J connectivity index is 1.20. The number of aliphatic hydroxyl groups is 1. The van der Waals surface area contributed by atoms with Crippen LogP contribution in [0.3, 0.4) is 0 Å². The van der Waals surface area contributed by atoms with E-state index in [-0.39, 0.29) is 18.1 Å². The van der Waals surface area contributed by atoms with E-state index in [1.165, 1.54) is 0 Å². The summed E-state index contributed by atoms with van der Waals surface area (Å²) >= 11 is 19.6. The molecule has 0 aliphatic heterocycles. The van der Waals surface area contributed by atoms with Crippen molar-refractivity contribution < 1.29 is 24.3 Å². The average molecular weight is 599 g/mol. The van der Waals surface area contributed by atoms with Gasteiger partial charge in [0.25, 0.3) is 0 Å². The maximum Gasteiger partial charge on any atom is 0.335 e. The first kappa shape index (κ1) is 27.2. The number of carboxylic acid groups (broad SMARTS) is 1. The van der Waals surface area contributed by atoms with Gasteiger partial charge >= 0.3 is 5.97 Å². The SMILES string of the molecule is Cc1ccc(C(=O)O)cc1C1CC(O)(c2ccc(OCc3c(-c4c(Cl)cccc4Cl)noc3C3CC3)cc2Cl)C1. The van der Waals surface area contributed by atoms with Gasteiger partial charge in [0.15, 0.2) is 0 Å². The van der Waals surface area contributed by atoms with Crippen molar-refractivity contribution in [1.82, 2.24) is 5.16 Å². The van der Waals surface area contributed by atoms with Gasteiger partial charge in [0.05, 0.1) is 31.8 Å². The molecule has 1 aromatic heterocycles. The highest BCUT2D eigenvalue weighted by atomic mass is 35.5. The highest BCUT2D eigenvalue weighted by Crippen LogP contribution is 2.53. The molecule has 0 radical (unpaired) electrons. The van der Waals surface area contributed by atoms with Gasteiger partial charge in [-0.15, -0.1) is 0 Å². The predicted octanol–water partition coefficient (Wildman–Crippen LogP) is 8.53. The number of aromatic carboxylic acids is 1. The molecule has 9 heteroatoms. The zero-order valence-corrected chi connectivity index (χ0v) is 23.9. The second-order valence-electron chi connectivity index (χ2n) is 10.7. The van der Waals surface area contributed by atoms with E-state index >= 15 is 0 Å². The number of rotatable bonds is 8. The predicted molar refractivity (Wildman–Crippen MR) is 154 cm³/mol. The molecule has 0 bridgehead atoms. The molecule has 4 aromatic rings. The second-order valence-corrected chi connectivity index (χ2v) is 11.9. The molecule has 0 spiro atoms. The Kier molecular flexibility index (Phi) is 7.07. The second kappa shape index (κ2) is 10.4. The van der Waals surface area contributed by atoms with E-state index in [0.29, 0.717) is 56.4 Å². The summed E-state index contributed by atoms with van der Waals surface area (Å²) in [5.74, 6) is 0.698. The molecule has 2 fully saturated rings. The van der Waals surface area contributed by atoms with E-state index in [2.05, 4.69) is 5.16 Å². The molecule has 0 amide bonds. The lowest BCUT2D eigenvalue weighted by atomic mass is 9.64. The maximum absolute atomic E-state index is 11.4. The van der Waals surface area contributed by atoms with Crippen LogP contribution >= 0.6 is 34.8 Å². The molecule has 0 atom stereocenters. The number of carboxylic acids is 1. The third-order valence-corrected chi connectivity index (χ3v) is 8.87. The number of hydrogen-bond acceptors (Lipinski definition) is 5. The van der Waals surface area contributed by atoms with Gasteiger partial charge in [-0.3, -0.25) is 0 Å². The van der Waals surface area contributed by atoms with Gasteiger partial charge in [-0.2, -0.15) is 0 Å². The van der Waals surface area contributed by atoms with Crippen LogP contribution in [-0.4, -0.2) is 21.3 Å². The van der Waals surface area contributed by atoms with E-state index in [4.69, 9.17) is 44.1 Å². The topological polar surface area (TPSA) is 92.8 Å². The standard InChI is InChI=1S/C31H26Cl3NO5/c1-16-5-6-18(30(36)37)11-21(16)19-13-31(38,14-19)23-10-9-20(12-26(23)34)39-15-22-28(35-40-29(22)17-7-8-17)27-24(32)3-2-4-25(27)33/h2-6,9-12,17,19,38H,7-8,13-15H2,1H3,(H,36,37). The van der Waals surface area contributed by atoms with E-state index < -0.39 is 11.6 Å². The van der Waals surface area contributed by atoms with Crippen LogP contribution in [0.1, 0.15) is 75.9 Å². The number of ether oxygens (including phenoxy) is 1. The smallest absolute Gasteiger partial charge is 0.335 e.